The Morgan fingerprint density at radius 3 is 1.34 bits per heavy atom. The highest BCUT2D eigenvalue weighted by Crippen LogP contribution is 2.33. The SMILES string of the molecule is CC(C)(C)OC(=O)NC1(CC(=O)O)CCCCC1.CNOC.CON(C)C(=O)CC1(NC(=O)OC(C)(C)C)CCCCC1.Cl. The molecule has 14 heteroatoms. The van der Waals surface area contributed by atoms with Crippen molar-refractivity contribution in [3.63, 3.8) is 0 Å². The van der Waals surface area contributed by atoms with Crippen LogP contribution in [0.5, 0.6) is 0 Å². The van der Waals surface area contributed by atoms with Crippen LogP contribution in [0, 0.1) is 0 Å². The second kappa shape index (κ2) is 20.6. The number of aliphatic carboxylic acids is 1. The Labute approximate surface area is 270 Å². The van der Waals surface area contributed by atoms with Crippen LogP contribution in [0.15, 0.2) is 0 Å². The van der Waals surface area contributed by atoms with Gasteiger partial charge in [-0.1, -0.05) is 38.5 Å². The molecule has 2 aliphatic rings. The second-order valence-electron chi connectivity index (χ2n) is 13.2. The lowest BCUT2D eigenvalue weighted by Gasteiger charge is -2.38. The van der Waals surface area contributed by atoms with Crippen LogP contribution in [0.25, 0.3) is 0 Å². The van der Waals surface area contributed by atoms with Crippen LogP contribution >= 0.6 is 12.4 Å². The molecule has 0 aromatic carbocycles. The van der Waals surface area contributed by atoms with Gasteiger partial charge in [-0.2, -0.15) is 0 Å². The molecule has 44 heavy (non-hydrogen) atoms. The molecule has 0 radical (unpaired) electrons. The van der Waals surface area contributed by atoms with Gasteiger partial charge < -0.3 is 30.1 Å². The van der Waals surface area contributed by atoms with E-state index in [1.165, 1.54) is 12.2 Å². The lowest BCUT2D eigenvalue weighted by Crippen LogP contribution is -2.53. The highest BCUT2D eigenvalue weighted by Gasteiger charge is 2.38. The van der Waals surface area contributed by atoms with Crippen molar-refractivity contribution in [2.45, 2.75) is 141 Å². The summed E-state index contributed by atoms with van der Waals surface area (Å²) in [5.41, 5.74) is 0.160. The molecule has 3 amide bonds. The van der Waals surface area contributed by atoms with Crippen molar-refractivity contribution in [3.05, 3.63) is 0 Å². The van der Waals surface area contributed by atoms with Crippen LogP contribution in [0.2, 0.25) is 0 Å². The van der Waals surface area contributed by atoms with Crippen molar-refractivity contribution in [1.82, 2.24) is 21.2 Å². The number of carbonyl (C=O) groups is 4. The third-order valence-corrected chi connectivity index (χ3v) is 6.96. The minimum Gasteiger partial charge on any atom is -0.481 e. The summed E-state index contributed by atoms with van der Waals surface area (Å²) in [6.45, 7) is 10.8. The topological polar surface area (TPSA) is 165 Å². The van der Waals surface area contributed by atoms with E-state index in [0.29, 0.717) is 12.8 Å². The van der Waals surface area contributed by atoms with Crippen LogP contribution < -0.4 is 16.1 Å². The summed E-state index contributed by atoms with van der Waals surface area (Å²) in [5, 5.41) is 15.9. The van der Waals surface area contributed by atoms with Gasteiger partial charge >= 0.3 is 18.2 Å². The van der Waals surface area contributed by atoms with Crippen molar-refractivity contribution >= 4 is 36.5 Å². The Bertz CT molecular complexity index is 862. The fourth-order valence-electron chi connectivity index (χ4n) is 4.98. The summed E-state index contributed by atoms with van der Waals surface area (Å²) in [5.74, 6) is -1.02. The molecule has 0 aromatic heterocycles. The summed E-state index contributed by atoms with van der Waals surface area (Å²) in [6, 6.07) is 0. The van der Waals surface area contributed by atoms with E-state index < -0.39 is 40.4 Å². The fourth-order valence-corrected chi connectivity index (χ4v) is 4.98. The standard InChI is InChI=1S/C15H28N2O4.C13H23NO4.C2H7NO.ClH/c1-14(2,3)21-13(19)16-15(9-7-6-8-10-15)11-12(18)17(4)20-5;1-12(2,3)18-11(17)14-13(9-10(15)16)7-5-4-6-8-13;1-3-4-2;/h6-11H2,1-5H3,(H,16,19);4-9H2,1-3H3,(H,14,17)(H,15,16);3H,1-2H3;1H. The van der Waals surface area contributed by atoms with Crippen LogP contribution in [-0.2, 0) is 28.7 Å². The normalized spacial score (nSPS) is 17.0. The first-order chi connectivity index (χ1) is 19.8. The van der Waals surface area contributed by atoms with Crippen molar-refractivity contribution in [2.75, 3.05) is 28.3 Å². The van der Waals surface area contributed by atoms with Crippen LogP contribution in [-0.4, -0.2) is 84.8 Å². The highest BCUT2D eigenvalue weighted by atomic mass is 35.5. The van der Waals surface area contributed by atoms with Gasteiger partial charge in [-0.15, -0.1) is 12.4 Å². The number of ether oxygens (including phenoxy) is 2. The highest BCUT2D eigenvalue weighted by molar-refractivity contribution is 5.85. The van der Waals surface area contributed by atoms with Gasteiger partial charge in [0.25, 0.3) is 0 Å². The first kappa shape index (κ1) is 43.8. The molecular weight excluding hydrogens is 596 g/mol. The average molecular weight is 655 g/mol. The molecule has 0 aliphatic heterocycles. The number of hydroxylamine groups is 3. The van der Waals surface area contributed by atoms with Gasteiger partial charge in [0.15, 0.2) is 0 Å². The lowest BCUT2D eigenvalue weighted by molar-refractivity contribution is -0.170. The Morgan fingerprint density at radius 2 is 1.07 bits per heavy atom. The number of halogens is 1. The molecule has 0 spiro atoms. The first-order valence-corrected chi connectivity index (χ1v) is 15.1. The minimum absolute atomic E-state index is 0. The Kier molecular flexibility index (Phi) is 20.5. The van der Waals surface area contributed by atoms with E-state index in [2.05, 4.69) is 21.0 Å². The molecule has 0 bridgehead atoms. The number of nitrogens with one attached hydrogen (secondary N) is 3. The van der Waals surface area contributed by atoms with E-state index in [9.17, 15) is 19.2 Å². The van der Waals surface area contributed by atoms with Gasteiger partial charge in [0.05, 0.1) is 38.1 Å². The number of rotatable bonds is 8. The van der Waals surface area contributed by atoms with Gasteiger partial charge in [0.2, 0.25) is 5.91 Å². The molecule has 2 saturated carbocycles. The lowest BCUT2D eigenvalue weighted by atomic mass is 9.79. The molecule has 260 valence electrons. The predicted molar refractivity (Wildman–Crippen MR) is 170 cm³/mol. The molecule has 2 fully saturated rings. The molecule has 0 heterocycles. The van der Waals surface area contributed by atoms with E-state index in [4.69, 9.17) is 19.4 Å². The zero-order valence-electron chi connectivity index (χ0n) is 28.6. The van der Waals surface area contributed by atoms with Crippen molar-refractivity contribution in [2.24, 2.45) is 0 Å². The zero-order chi connectivity index (χ0) is 33.3. The van der Waals surface area contributed by atoms with Crippen molar-refractivity contribution < 1.29 is 43.4 Å². The maximum Gasteiger partial charge on any atom is 0.408 e. The fraction of sp³-hybridized carbons (Fsp3) is 0.867. The van der Waals surface area contributed by atoms with Gasteiger partial charge in [0, 0.05) is 14.1 Å². The summed E-state index contributed by atoms with van der Waals surface area (Å²) in [6.07, 6.45) is 8.32. The van der Waals surface area contributed by atoms with Gasteiger partial charge in [-0.05, 0) is 67.2 Å². The largest absolute Gasteiger partial charge is 0.481 e. The van der Waals surface area contributed by atoms with Crippen molar-refractivity contribution in [1.29, 1.82) is 0 Å². The second-order valence-corrected chi connectivity index (χ2v) is 13.2. The molecule has 2 rings (SSSR count). The van der Waals surface area contributed by atoms with Crippen LogP contribution in [0.3, 0.4) is 0 Å². The number of alkyl carbamates (subject to hydrolysis) is 2. The molecule has 0 saturated heterocycles. The molecule has 2 aliphatic carbocycles. The number of nitrogens with zero attached hydrogens (tertiary/aromatic N) is 1. The number of carbonyl (C=O) groups excluding carboxylic acids is 3. The van der Waals surface area contributed by atoms with E-state index in [-0.39, 0.29) is 31.2 Å². The average Bonchev–Trinajstić information content (AvgIpc) is 2.86. The quantitative estimate of drug-likeness (QED) is 0.246. The molecule has 0 aromatic rings. The molecule has 0 atom stereocenters. The van der Waals surface area contributed by atoms with Crippen molar-refractivity contribution in [3.8, 4) is 0 Å². The summed E-state index contributed by atoms with van der Waals surface area (Å²) < 4.78 is 10.5. The number of carboxylic acids is 1. The zero-order valence-corrected chi connectivity index (χ0v) is 29.4. The summed E-state index contributed by atoms with van der Waals surface area (Å²) in [4.78, 5) is 56.1. The Balaban J connectivity index is 0. The number of hydrogen-bond acceptors (Lipinski definition) is 9. The third-order valence-electron chi connectivity index (χ3n) is 6.96. The van der Waals surface area contributed by atoms with Gasteiger partial charge in [0.1, 0.15) is 11.2 Å². The van der Waals surface area contributed by atoms with E-state index in [1.54, 1.807) is 42.0 Å². The van der Waals surface area contributed by atoms with E-state index in [1.807, 2.05) is 20.8 Å². The number of carboxylic acid groups (broad SMARTS) is 1. The monoisotopic (exact) mass is 654 g/mol. The number of amides is 3. The molecular formula is C30H59ClN4O9. The first-order valence-electron chi connectivity index (χ1n) is 15.1. The maximum absolute atomic E-state index is 12.1. The molecule has 13 nitrogen and oxygen atoms in total. The predicted octanol–water partition coefficient (Wildman–Crippen LogP) is 5.50. The third kappa shape index (κ3) is 19.8. The summed E-state index contributed by atoms with van der Waals surface area (Å²) >= 11 is 0. The smallest absolute Gasteiger partial charge is 0.408 e. The maximum atomic E-state index is 12.1. The Morgan fingerprint density at radius 1 is 0.727 bits per heavy atom. The minimum atomic E-state index is -0.882. The summed E-state index contributed by atoms with van der Waals surface area (Å²) in [7, 11) is 6.30. The van der Waals surface area contributed by atoms with E-state index >= 15 is 0 Å². The number of hydrogen-bond donors (Lipinski definition) is 4. The Hall–Kier alpha value is -2.35. The van der Waals surface area contributed by atoms with Crippen LogP contribution in [0.1, 0.15) is 119 Å². The van der Waals surface area contributed by atoms with E-state index in [0.717, 1.165) is 51.4 Å². The van der Waals surface area contributed by atoms with Crippen LogP contribution in [0.4, 0.5) is 9.59 Å². The molecule has 0 unspecified atom stereocenters. The van der Waals surface area contributed by atoms with Gasteiger partial charge in [-0.3, -0.25) is 14.4 Å². The van der Waals surface area contributed by atoms with Gasteiger partial charge in [-0.25, -0.2) is 20.1 Å². The molecule has 4 N–H and O–H groups in total.